The van der Waals surface area contributed by atoms with E-state index in [2.05, 4.69) is 52.0 Å². The van der Waals surface area contributed by atoms with Gasteiger partial charge in [0.05, 0.1) is 0 Å². The molecule has 1 atom stereocenters. The fraction of sp³-hybridized carbons (Fsp3) is 0.600. The van der Waals surface area contributed by atoms with E-state index in [0.717, 1.165) is 0 Å². The lowest BCUT2D eigenvalue weighted by Gasteiger charge is -2.46. The summed E-state index contributed by atoms with van der Waals surface area (Å²) in [5, 5.41) is 0. The Labute approximate surface area is 93.7 Å². The fourth-order valence-electron chi connectivity index (χ4n) is 2.82. The summed E-state index contributed by atoms with van der Waals surface area (Å²) >= 11 is 0. The van der Waals surface area contributed by atoms with Crippen molar-refractivity contribution in [2.75, 3.05) is 0 Å². The molecule has 82 valence electrons. The third-order valence-corrected chi connectivity index (χ3v) is 4.39. The second kappa shape index (κ2) is 3.37. The van der Waals surface area contributed by atoms with Crippen LogP contribution in [0.1, 0.15) is 51.7 Å². The van der Waals surface area contributed by atoms with Crippen molar-refractivity contribution in [3.8, 4) is 0 Å². The molecule has 1 aromatic rings. The highest BCUT2D eigenvalue weighted by atomic mass is 14.4. The first-order valence-corrected chi connectivity index (χ1v) is 6.03. The van der Waals surface area contributed by atoms with Crippen LogP contribution in [0.4, 0.5) is 0 Å². The smallest absolute Gasteiger partial charge is 0.00239 e. The topological polar surface area (TPSA) is 0 Å². The predicted octanol–water partition coefficient (Wildman–Crippen LogP) is 4.33. The number of benzene rings is 1. The van der Waals surface area contributed by atoms with Crippen molar-refractivity contribution in [2.24, 2.45) is 5.41 Å². The van der Waals surface area contributed by atoms with Crippen LogP contribution in [0, 0.1) is 5.41 Å². The summed E-state index contributed by atoms with van der Waals surface area (Å²) in [7, 11) is 0. The first-order valence-electron chi connectivity index (χ1n) is 6.03. The lowest BCUT2D eigenvalue weighted by Crippen LogP contribution is -2.40. The minimum atomic E-state index is 0.349. The second-order valence-corrected chi connectivity index (χ2v) is 6.09. The fourth-order valence-corrected chi connectivity index (χ4v) is 2.82. The van der Waals surface area contributed by atoms with Crippen LogP contribution in [0.2, 0.25) is 0 Å². The summed E-state index contributed by atoms with van der Waals surface area (Å²) in [4.78, 5) is 0. The zero-order valence-corrected chi connectivity index (χ0v) is 10.4. The number of fused-ring (bicyclic) bond motifs is 1. The number of rotatable bonds is 0. The van der Waals surface area contributed by atoms with Gasteiger partial charge >= 0.3 is 0 Å². The Morgan fingerprint density at radius 3 is 2.47 bits per heavy atom. The van der Waals surface area contributed by atoms with Gasteiger partial charge in [-0.25, -0.2) is 0 Å². The molecule has 1 aliphatic rings. The standard InChI is InChI=1S/C15H22/c1-14(2,3)15(4)11-7-9-12-8-5-6-10-13(12)15/h5-6,8,10H,7,9,11H2,1-4H3/t15-/m0/s1. The highest BCUT2D eigenvalue weighted by Gasteiger charge is 2.41. The zero-order chi connectivity index (χ0) is 11.1. The first kappa shape index (κ1) is 10.7. The Bertz CT molecular complexity index is 357. The quantitative estimate of drug-likeness (QED) is 0.587. The molecule has 0 radical (unpaired) electrons. The van der Waals surface area contributed by atoms with Gasteiger partial charge in [-0.1, -0.05) is 52.0 Å². The molecule has 0 nitrogen and oxygen atoms in total. The molecular weight excluding hydrogens is 180 g/mol. The van der Waals surface area contributed by atoms with Crippen LogP contribution in [-0.2, 0) is 11.8 Å². The molecule has 1 aliphatic carbocycles. The molecule has 0 aromatic heterocycles. The van der Waals surface area contributed by atoms with Gasteiger partial charge in [-0.2, -0.15) is 0 Å². The lowest BCUT2D eigenvalue weighted by molar-refractivity contribution is 0.176. The highest BCUT2D eigenvalue weighted by molar-refractivity contribution is 5.37. The monoisotopic (exact) mass is 202 g/mol. The molecule has 0 spiro atoms. The van der Waals surface area contributed by atoms with Gasteiger partial charge in [0.2, 0.25) is 0 Å². The predicted molar refractivity (Wildman–Crippen MR) is 66.2 cm³/mol. The minimum Gasteiger partial charge on any atom is -0.0620 e. The summed E-state index contributed by atoms with van der Waals surface area (Å²) in [6.45, 7) is 9.55. The van der Waals surface area contributed by atoms with Crippen molar-refractivity contribution in [2.45, 2.75) is 52.4 Å². The Morgan fingerprint density at radius 2 is 1.80 bits per heavy atom. The van der Waals surface area contributed by atoms with Crippen LogP contribution in [0.15, 0.2) is 24.3 Å². The summed E-state index contributed by atoms with van der Waals surface area (Å²) in [5.41, 5.74) is 3.86. The van der Waals surface area contributed by atoms with E-state index >= 15 is 0 Å². The Hall–Kier alpha value is -0.780. The van der Waals surface area contributed by atoms with E-state index in [9.17, 15) is 0 Å². The van der Waals surface area contributed by atoms with Crippen LogP contribution >= 0.6 is 0 Å². The van der Waals surface area contributed by atoms with E-state index in [1.165, 1.54) is 19.3 Å². The minimum absolute atomic E-state index is 0.349. The van der Waals surface area contributed by atoms with Gasteiger partial charge in [0.25, 0.3) is 0 Å². The third-order valence-electron chi connectivity index (χ3n) is 4.39. The van der Waals surface area contributed by atoms with Crippen molar-refractivity contribution in [3.05, 3.63) is 35.4 Å². The Morgan fingerprint density at radius 1 is 1.13 bits per heavy atom. The maximum Gasteiger partial charge on any atom is -0.00239 e. The normalized spacial score (nSPS) is 26.1. The molecule has 0 bridgehead atoms. The first-order chi connectivity index (χ1) is 6.95. The lowest BCUT2D eigenvalue weighted by atomic mass is 9.58. The van der Waals surface area contributed by atoms with Crippen molar-refractivity contribution >= 4 is 0 Å². The molecule has 0 unspecified atom stereocenters. The maximum atomic E-state index is 2.44. The van der Waals surface area contributed by atoms with E-state index in [-0.39, 0.29) is 0 Å². The highest BCUT2D eigenvalue weighted by Crippen LogP contribution is 2.48. The van der Waals surface area contributed by atoms with E-state index in [4.69, 9.17) is 0 Å². The van der Waals surface area contributed by atoms with Crippen molar-refractivity contribution in [3.63, 3.8) is 0 Å². The largest absolute Gasteiger partial charge is 0.0620 e. The van der Waals surface area contributed by atoms with Crippen LogP contribution in [-0.4, -0.2) is 0 Å². The Balaban J connectivity index is 2.55. The summed E-state index contributed by atoms with van der Waals surface area (Å²) in [5.74, 6) is 0. The van der Waals surface area contributed by atoms with Crippen LogP contribution < -0.4 is 0 Å². The van der Waals surface area contributed by atoms with Crippen molar-refractivity contribution in [1.29, 1.82) is 0 Å². The number of hydrogen-bond acceptors (Lipinski definition) is 0. The third kappa shape index (κ3) is 1.60. The summed E-state index contributed by atoms with van der Waals surface area (Å²) < 4.78 is 0. The molecule has 0 aliphatic heterocycles. The van der Waals surface area contributed by atoms with E-state index in [1.807, 2.05) is 0 Å². The number of aryl methyl sites for hydroxylation is 1. The molecule has 0 saturated carbocycles. The molecule has 15 heavy (non-hydrogen) atoms. The summed E-state index contributed by atoms with van der Waals surface area (Å²) in [6, 6.07) is 9.00. The molecule has 1 aromatic carbocycles. The molecular formula is C15H22. The van der Waals surface area contributed by atoms with Gasteiger partial charge in [-0.15, -0.1) is 0 Å². The average molecular weight is 202 g/mol. The van der Waals surface area contributed by atoms with Gasteiger partial charge < -0.3 is 0 Å². The molecule has 0 saturated heterocycles. The van der Waals surface area contributed by atoms with Crippen LogP contribution in [0.5, 0.6) is 0 Å². The van der Waals surface area contributed by atoms with E-state index in [1.54, 1.807) is 11.1 Å². The molecule has 0 fully saturated rings. The average Bonchev–Trinajstić information content (AvgIpc) is 2.17. The molecule has 0 amide bonds. The van der Waals surface area contributed by atoms with E-state index < -0.39 is 0 Å². The van der Waals surface area contributed by atoms with Gasteiger partial charge in [0.1, 0.15) is 0 Å². The zero-order valence-electron chi connectivity index (χ0n) is 10.4. The van der Waals surface area contributed by atoms with Gasteiger partial charge in [-0.05, 0) is 41.2 Å². The molecule has 2 rings (SSSR count). The maximum absolute atomic E-state index is 2.44. The SMILES string of the molecule is CC(C)(C)[C@@]1(C)CCCc2ccccc21. The van der Waals surface area contributed by atoms with Gasteiger partial charge in [0.15, 0.2) is 0 Å². The van der Waals surface area contributed by atoms with E-state index in [0.29, 0.717) is 10.8 Å². The molecule has 0 heterocycles. The molecule has 0 heteroatoms. The number of hydrogen-bond donors (Lipinski definition) is 0. The van der Waals surface area contributed by atoms with Gasteiger partial charge in [-0.3, -0.25) is 0 Å². The van der Waals surface area contributed by atoms with Crippen LogP contribution in [0.3, 0.4) is 0 Å². The van der Waals surface area contributed by atoms with Gasteiger partial charge in [0, 0.05) is 0 Å². The van der Waals surface area contributed by atoms with Crippen LogP contribution in [0.25, 0.3) is 0 Å². The van der Waals surface area contributed by atoms with Crippen molar-refractivity contribution in [1.82, 2.24) is 0 Å². The summed E-state index contributed by atoms with van der Waals surface area (Å²) in [6.07, 6.45) is 3.93. The van der Waals surface area contributed by atoms with Crippen molar-refractivity contribution < 1.29 is 0 Å². The second-order valence-electron chi connectivity index (χ2n) is 6.09. The molecule has 0 N–H and O–H groups in total. The Kier molecular flexibility index (Phi) is 2.41.